The third kappa shape index (κ3) is 1.55. The molecule has 0 radical (unpaired) electrons. The van der Waals surface area contributed by atoms with Crippen molar-refractivity contribution in [3.05, 3.63) is 42.0 Å². The molecule has 1 aromatic carbocycles. The molecule has 0 saturated carbocycles. The van der Waals surface area contributed by atoms with Gasteiger partial charge in [-0.15, -0.1) is 0 Å². The van der Waals surface area contributed by atoms with Crippen LogP contribution in [-0.2, 0) is 14.3 Å². The molecule has 2 bridgehead atoms. The highest BCUT2D eigenvalue weighted by Gasteiger charge is 2.67. The molecule has 5 heteroatoms. The van der Waals surface area contributed by atoms with Crippen LogP contribution in [0.2, 0.25) is 0 Å². The SMILES string of the molecule is Cc1ccc(N2C[C@@]34C=C[C@H](O3)[C@H](C(=O)O)[C@H]4C2=O)cc1. The number of carboxylic acids is 1. The lowest BCUT2D eigenvalue weighted by Crippen LogP contribution is -2.39. The minimum atomic E-state index is -0.963. The van der Waals surface area contributed by atoms with E-state index in [1.54, 1.807) is 11.0 Å². The van der Waals surface area contributed by atoms with Gasteiger partial charge in [0.1, 0.15) is 11.5 Å². The van der Waals surface area contributed by atoms with Crippen LogP contribution in [0.25, 0.3) is 0 Å². The molecule has 2 saturated heterocycles. The monoisotopic (exact) mass is 285 g/mol. The highest BCUT2D eigenvalue weighted by atomic mass is 16.5. The Bertz CT molecular complexity index is 665. The lowest BCUT2D eigenvalue weighted by molar-refractivity contribution is -0.146. The first kappa shape index (κ1) is 12.6. The van der Waals surface area contributed by atoms with E-state index in [1.165, 1.54) is 0 Å². The zero-order valence-electron chi connectivity index (χ0n) is 11.5. The van der Waals surface area contributed by atoms with Gasteiger partial charge in [-0.2, -0.15) is 0 Å². The highest BCUT2D eigenvalue weighted by Crippen LogP contribution is 2.52. The van der Waals surface area contributed by atoms with E-state index < -0.39 is 29.5 Å². The molecular weight excluding hydrogens is 270 g/mol. The van der Waals surface area contributed by atoms with Crippen molar-refractivity contribution in [2.24, 2.45) is 11.8 Å². The van der Waals surface area contributed by atoms with Gasteiger partial charge < -0.3 is 14.7 Å². The molecule has 0 aromatic heterocycles. The average Bonchev–Trinajstić information content (AvgIpc) is 3.08. The Balaban J connectivity index is 1.73. The standard InChI is InChI=1S/C16H15NO4/c1-9-2-4-10(5-3-9)17-8-16-7-6-11(21-16)12(15(19)20)13(16)14(17)18/h2-7,11-13H,8H2,1H3,(H,19,20)/t11-,12-,13-,16+/m0/s1. The number of carbonyl (C=O) groups excluding carboxylic acids is 1. The molecule has 3 heterocycles. The van der Waals surface area contributed by atoms with E-state index in [0.29, 0.717) is 6.54 Å². The van der Waals surface area contributed by atoms with Crippen molar-refractivity contribution in [2.45, 2.75) is 18.6 Å². The second kappa shape index (κ2) is 3.95. The van der Waals surface area contributed by atoms with Gasteiger partial charge in [-0.05, 0) is 19.1 Å². The molecule has 1 aromatic rings. The number of nitrogens with zero attached hydrogens (tertiary/aromatic N) is 1. The van der Waals surface area contributed by atoms with Crippen LogP contribution in [0.3, 0.4) is 0 Å². The first-order valence-corrected chi connectivity index (χ1v) is 7.00. The van der Waals surface area contributed by atoms with Crippen LogP contribution in [-0.4, -0.2) is 35.2 Å². The highest BCUT2D eigenvalue weighted by molar-refractivity contribution is 6.02. The zero-order chi connectivity index (χ0) is 14.8. The van der Waals surface area contributed by atoms with Crippen molar-refractivity contribution in [1.29, 1.82) is 0 Å². The van der Waals surface area contributed by atoms with Gasteiger partial charge in [0.2, 0.25) is 5.91 Å². The number of hydrogen-bond donors (Lipinski definition) is 1. The number of carboxylic acid groups (broad SMARTS) is 1. The number of carbonyl (C=O) groups is 2. The van der Waals surface area contributed by atoms with Crippen LogP contribution in [0.5, 0.6) is 0 Å². The summed E-state index contributed by atoms with van der Waals surface area (Å²) >= 11 is 0. The molecule has 3 aliphatic heterocycles. The van der Waals surface area contributed by atoms with Gasteiger partial charge >= 0.3 is 5.97 Å². The van der Waals surface area contributed by atoms with Crippen molar-refractivity contribution in [3.63, 3.8) is 0 Å². The Morgan fingerprint density at radius 2 is 2.10 bits per heavy atom. The number of hydrogen-bond acceptors (Lipinski definition) is 3. The average molecular weight is 285 g/mol. The summed E-state index contributed by atoms with van der Waals surface area (Å²) in [4.78, 5) is 25.8. The van der Waals surface area contributed by atoms with Crippen LogP contribution in [0.15, 0.2) is 36.4 Å². The van der Waals surface area contributed by atoms with Crippen LogP contribution in [0.4, 0.5) is 5.69 Å². The maximum Gasteiger partial charge on any atom is 0.310 e. The van der Waals surface area contributed by atoms with Gasteiger partial charge in [-0.25, -0.2) is 0 Å². The number of aliphatic carboxylic acids is 1. The van der Waals surface area contributed by atoms with Crippen molar-refractivity contribution < 1.29 is 19.4 Å². The molecule has 0 unspecified atom stereocenters. The molecule has 21 heavy (non-hydrogen) atoms. The second-order valence-corrected chi connectivity index (χ2v) is 6.00. The summed E-state index contributed by atoms with van der Waals surface area (Å²) in [6.45, 7) is 2.37. The number of benzene rings is 1. The fraction of sp³-hybridized carbons (Fsp3) is 0.375. The molecule has 1 amide bonds. The molecular formula is C16H15NO4. The van der Waals surface area contributed by atoms with Crippen molar-refractivity contribution in [1.82, 2.24) is 0 Å². The first-order chi connectivity index (χ1) is 10.0. The number of anilines is 1. The van der Waals surface area contributed by atoms with Crippen molar-refractivity contribution in [3.8, 4) is 0 Å². The maximum absolute atomic E-state index is 12.7. The topological polar surface area (TPSA) is 66.8 Å². The Morgan fingerprint density at radius 1 is 1.38 bits per heavy atom. The van der Waals surface area contributed by atoms with Gasteiger partial charge in [-0.1, -0.05) is 29.8 Å². The third-order valence-electron chi connectivity index (χ3n) is 4.73. The van der Waals surface area contributed by atoms with Gasteiger partial charge in [0.25, 0.3) is 0 Å². The number of rotatable bonds is 2. The van der Waals surface area contributed by atoms with Gasteiger partial charge in [0.05, 0.1) is 18.6 Å². The minimum Gasteiger partial charge on any atom is -0.481 e. The van der Waals surface area contributed by atoms with Crippen LogP contribution in [0, 0.1) is 18.8 Å². The molecule has 5 nitrogen and oxygen atoms in total. The summed E-state index contributed by atoms with van der Waals surface area (Å²) in [5, 5.41) is 9.41. The maximum atomic E-state index is 12.7. The Morgan fingerprint density at radius 3 is 2.76 bits per heavy atom. The lowest BCUT2D eigenvalue weighted by atomic mass is 9.77. The largest absolute Gasteiger partial charge is 0.481 e. The third-order valence-corrected chi connectivity index (χ3v) is 4.73. The predicted octanol–water partition coefficient (Wildman–Crippen LogP) is 1.37. The van der Waals surface area contributed by atoms with Crippen LogP contribution in [0.1, 0.15) is 5.56 Å². The molecule has 1 spiro atoms. The molecule has 108 valence electrons. The fourth-order valence-corrected chi connectivity index (χ4v) is 3.72. The molecule has 2 fully saturated rings. The smallest absolute Gasteiger partial charge is 0.310 e. The normalized spacial score (nSPS) is 36.3. The molecule has 1 N–H and O–H groups in total. The minimum absolute atomic E-state index is 0.155. The summed E-state index contributed by atoms with van der Waals surface area (Å²) in [5.74, 6) is -2.52. The van der Waals surface area contributed by atoms with E-state index in [9.17, 15) is 14.7 Å². The van der Waals surface area contributed by atoms with Gasteiger partial charge in [0, 0.05) is 5.69 Å². The van der Waals surface area contributed by atoms with E-state index >= 15 is 0 Å². The Labute approximate surface area is 121 Å². The van der Waals surface area contributed by atoms with E-state index in [2.05, 4.69) is 0 Å². The number of amides is 1. The summed E-state index contributed by atoms with van der Waals surface area (Å²) in [7, 11) is 0. The quantitative estimate of drug-likeness (QED) is 0.833. The van der Waals surface area contributed by atoms with Crippen LogP contribution >= 0.6 is 0 Å². The number of fused-ring (bicyclic) bond motifs is 1. The van der Waals surface area contributed by atoms with E-state index in [1.807, 2.05) is 37.3 Å². The van der Waals surface area contributed by atoms with E-state index in [0.717, 1.165) is 11.3 Å². The Kier molecular flexibility index (Phi) is 2.37. The Hall–Kier alpha value is -2.14. The summed E-state index contributed by atoms with van der Waals surface area (Å²) in [6.07, 6.45) is 3.17. The van der Waals surface area contributed by atoms with Crippen molar-refractivity contribution in [2.75, 3.05) is 11.4 Å². The molecule has 3 aliphatic rings. The number of ether oxygens (including phenoxy) is 1. The fourth-order valence-electron chi connectivity index (χ4n) is 3.72. The van der Waals surface area contributed by atoms with Crippen LogP contribution < -0.4 is 4.90 Å². The molecule has 4 rings (SSSR count). The molecule has 4 atom stereocenters. The second-order valence-electron chi connectivity index (χ2n) is 6.00. The van der Waals surface area contributed by atoms with Crippen molar-refractivity contribution >= 4 is 17.6 Å². The summed E-state index contributed by atoms with van der Waals surface area (Å²) < 4.78 is 5.85. The first-order valence-electron chi connectivity index (χ1n) is 7.00. The zero-order valence-corrected chi connectivity index (χ0v) is 11.5. The lowest BCUT2D eigenvalue weighted by Gasteiger charge is -2.21. The molecule has 0 aliphatic carbocycles. The van der Waals surface area contributed by atoms with Gasteiger partial charge in [0.15, 0.2) is 0 Å². The number of aryl methyl sites for hydroxylation is 1. The summed E-state index contributed by atoms with van der Waals surface area (Å²) in [6, 6.07) is 7.65. The van der Waals surface area contributed by atoms with E-state index in [4.69, 9.17) is 4.74 Å². The van der Waals surface area contributed by atoms with E-state index in [-0.39, 0.29) is 5.91 Å². The predicted molar refractivity (Wildman–Crippen MR) is 74.9 cm³/mol. The summed E-state index contributed by atoms with van der Waals surface area (Å²) in [5.41, 5.74) is 1.14. The van der Waals surface area contributed by atoms with Gasteiger partial charge in [-0.3, -0.25) is 9.59 Å².